The fourth-order valence-corrected chi connectivity index (χ4v) is 1.42. The third kappa shape index (κ3) is 4.19. The highest BCUT2D eigenvalue weighted by Crippen LogP contribution is 2.04. The second-order valence-electron chi connectivity index (χ2n) is 3.84. The summed E-state index contributed by atoms with van der Waals surface area (Å²) in [5.74, 6) is 0.299. The molecule has 6 nitrogen and oxygen atoms in total. The number of allylic oxidation sites excluding steroid dienone is 1. The summed E-state index contributed by atoms with van der Waals surface area (Å²) in [6.45, 7) is 1.93. The minimum absolute atomic E-state index is 0.299. The van der Waals surface area contributed by atoms with Gasteiger partial charge in [-0.05, 0) is 18.1 Å². The van der Waals surface area contributed by atoms with Gasteiger partial charge < -0.3 is 0 Å². The van der Waals surface area contributed by atoms with E-state index in [4.69, 9.17) is 0 Å². The van der Waals surface area contributed by atoms with Crippen molar-refractivity contribution in [3.8, 4) is 0 Å². The highest BCUT2D eigenvalue weighted by Gasteiger charge is 1.92. The lowest BCUT2D eigenvalue weighted by atomic mass is 10.1. The maximum Gasteiger partial charge on any atom is 0.363 e. The van der Waals surface area contributed by atoms with Gasteiger partial charge in [-0.25, -0.2) is 9.89 Å². The average molecular weight is 255 g/mol. The quantitative estimate of drug-likeness (QED) is 0.643. The zero-order chi connectivity index (χ0) is 13.5. The maximum atomic E-state index is 10.9. The molecular formula is C13H13N5O. The lowest BCUT2D eigenvalue weighted by Gasteiger charge is -1.97. The number of hydrogen-bond donors (Lipinski definition) is 2. The van der Waals surface area contributed by atoms with E-state index in [-0.39, 0.29) is 0 Å². The molecular weight excluding hydrogens is 242 g/mol. The molecule has 96 valence electrons. The third-order valence-corrected chi connectivity index (χ3v) is 2.21. The Balaban J connectivity index is 1.99. The fraction of sp³-hybridized carbons (Fsp3) is 0.0769. The molecule has 6 heteroatoms. The average Bonchev–Trinajstić information content (AvgIpc) is 2.40. The van der Waals surface area contributed by atoms with Crippen molar-refractivity contribution < 1.29 is 0 Å². The van der Waals surface area contributed by atoms with Crippen molar-refractivity contribution in [2.75, 3.05) is 5.43 Å². The minimum atomic E-state index is -0.517. The van der Waals surface area contributed by atoms with E-state index in [1.807, 2.05) is 43.3 Å². The largest absolute Gasteiger partial charge is 0.363 e. The number of benzene rings is 1. The zero-order valence-corrected chi connectivity index (χ0v) is 10.4. The van der Waals surface area contributed by atoms with Gasteiger partial charge in [-0.1, -0.05) is 36.4 Å². The summed E-state index contributed by atoms with van der Waals surface area (Å²) in [5.41, 5.74) is 4.19. The highest BCUT2D eigenvalue weighted by molar-refractivity contribution is 5.85. The van der Waals surface area contributed by atoms with Crippen molar-refractivity contribution in [3.05, 3.63) is 58.1 Å². The number of rotatable bonds is 4. The summed E-state index contributed by atoms with van der Waals surface area (Å²) >= 11 is 0. The predicted octanol–water partition coefficient (Wildman–Crippen LogP) is 1.67. The molecule has 0 aliphatic heterocycles. The van der Waals surface area contributed by atoms with Crippen LogP contribution in [-0.4, -0.2) is 21.4 Å². The van der Waals surface area contributed by atoms with E-state index in [1.54, 1.807) is 6.21 Å². The number of hydrogen-bond acceptors (Lipinski definition) is 5. The maximum absolute atomic E-state index is 10.9. The van der Waals surface area contributed by atoms with E-state index >= 15 is 0 Å². The van der Waals surface area contributed by atoms with Gasteiger partial charge in [-0.15, -0.1) is 0 Å². The van der Waals surface area contributed by atoms with Gasteiger partial charge in [0.2, 0.25) is 0 Å². The summed E-state index contributed by atoms with van der Waals surface area (Å²) in [7, 11) is 0. The van der Waals surface area contributed by atoms with Crippen molar-refractivity contribution in [1.82, 2.24) is 15.2 Å². The van der Waals surface area contributed by atoms with E-state index in [9.17, 15) is 4.79 Å². The molecule has 19 heavy (non-hydrogen) atoms. The summed E-state index contributed by atoms with van der Waals surface area (Å²) in [5, 5.41) is 9.76. The van der Waals surface area contributed by atoms with E-state index < -0.39 is 5.69 Å². The van der Waals surface area contributed by atoms with Crippen LogP contribution in [0.15, 0.2) is 52.0 Å². The molecule has 2 aromatic rings. The van der Waals surface area contributed by atoms with Crippen LogP contribution in [0.2, 0.25) is 0 Å². The first kappa shape index (κ1) is 12.7. The Morgan fingerprint density at radius 1 is 1.37 bits per heavy atom. The molecule has 2 rings (SSSR count). The Morgan fingerprint density at radius 3 is 2.89 bits per heavy atom. The SMILES string of the molecule is CC(=Cc1ccccc1)/C=N\Nc1cn[nH]c(=O)n1. The smallest absolute Gasteiger partial charge is 0.260 e. The molecule has 0 aliphatic rings. The van der Waals surface area contributed by atoms with Crippen LogP contribution in [0.5, 0.6) is 0 Å². The van der Waals surface area contributed by atoms with Crippen LogP contribution in [0.1, 0.15) is 12.5 Å². The molecule has 0 bridgehead atoms. The first-order chi connectivity index (χ1) is 9.24. The number of nitrogens with zero attached hydrogens (tertiary/aromatic N) is 3. The van der Waals surface area contributed by atoms with E-state index in [2.05, 4.69) is 25.7 Å². The number of H-pyrrole nitrogens is 1. The van der Waals surface area contributed by atoms with Crippen LogP contribution >= 0.6 is 0 Å². The molecule has 2 N–H and O–H groups in total. The molecule has 1 aromatic heterocycles. The lowest BCUT2D eigenvalue weighted by molar-refractivity contribution is 0.913. The van der Waals surface area contributed by atoms with Gasteiger partial charge in [-0.2, -0.15) is 15.2 Å². The fourth-order valence-electron chi connectivity index (χ4n) is 1.42. The van der Waals surface area contributed by atoms with Gasteiger partial charge in [-0.3, -0.25) is 5.43 Å². The molecule has 0 unspecified atom stereocenters. The van der Waals surface area contributed by atoms with Gasteiger partial charge >= 0.3 is 5.69 Å². The third-order valence-electron chi connectivity index (χ3n) is 2.21. The molecule has 0 spiro atoms. The topological polar surface area (TPSA) is 83.0 Å². The molecule has 0 fully saturated rings. The van der Waals surface area contributed by atoms with E-state index in [0.29, 0.717) is 5.82 Å². The summed E-state index contributed by atoms with van der Waals surface area (Å²) in [4.78, 5) is 14.5. The number of hydrazone groups is 1. The molecule has 0 aliphatic carbocycles. The van der Waals surface area contributed by atoms with Crippen molar-refractivity contribution in [2.24, 2.45) is 5.10 Å². The second-order valence-corrected chi connectivity index (χ2v) is 3.84. The lowest BCUT2D eigenvalue weighted by Crippen LogP contribution is -2.13. The van der Waals surface area contributed by atoms with Gasteiger partial charge in [0, 0.05) is 0 Å². The summed E-state index contributed by atoms with van der Waals surface area (Å²) < 4.78 is 0. The Kier molecular flexibility index (Phi) is 4.17. The number of aromatic nitrogens is 3. The van der Waals surface area contributed by atoms with Gasteiger partial charge in [0.1, 0.15) is 0 Å². The second kappa shape index (κ2) is 6.25. The van der Waals surface area contributed by atoms with Gasteiger partial charge in [0.15, 0.2) is 5.82 Å². The zero-order valence-electron chi connectivity index (χ0n) is 10.4. The first-order valence-electron chi connectivity index (χ1n) is 5.68. The molecule has 0 saturated carbocycles. The molecule has 0 radical (unpaired) electrons. The Hall–Kier alpha value is -2.76. The Morgan fingerprint density at radius 2 is 2.16 bits per heavy atom. The van der Waals surface area contributed by atoms with Gasteiger partial charge in [0.05, 0.1) is 12.4 Å². The number of anilines is 1. The van der Waals surface area contributed by atoms with Crippen molar-refractivity contribution in [2.45, 2.75) is 6.92 Å². The van der Waals surface area contributed by atoms with Gasteiger partial charge in [0.25, 0.3) is 0 Å². The monoisotopic (exact) mass is 255 g/mol. The number of aromatic amines is 1. The van der Waals surface area contributed by atoms with E-state index in [0.717, 1.165) is 11.1 Å². The predicted molar refractivity (Wildman–Crippen MR) is 74.9 cm³/mol. The Bertz CT molecular complexity index is 645. The van der Waals surface area contributed by atoms with Crippen LogP contribution in [0, 0.1) is 0 Å². The van der Waals surface area contributed by atoms with Crippen molar-refractivity contribution in [3.63, 3.8) is 0 Å². The molecule has 0 saturated heterocycles. The molecule has 1 aromatic carbocycles. The number of nitrogens with one attached hydrogen (secondary N) is 2. The molecule has 0 amide bonds. The van der Waals surface area contributed by atoms with E-state index in [1.165, 1.54) is 6.20 Å². The minimum Gasteiger partial charge on any atom is -0.260 e. The summed E-state index contributed by atoms with van der Waals surface area (Å²) in [6, 6.07) is 9.93. The normalized spacial score (nSPS) is 11.7. The van der Waals surface area contributed by atoms with Crippen LogP contribution in [0.4, 0.5) is 5.82 Å². The molecule has 1 heterocycles. The summed E-state index contributed by atoms with van der Waals surface area (Å²) in [6.07, 6.45) is 5.03. The van der Waals surface area contributed by atoms with Crippen LogP contribution in [-0.2, 0) is 0 Å². The molecule has 0 atom stereocenters. The van der Waals surface area contributed by atoms with Crippen LogP contribution in [0.3, 0.4) is 0 Å². The van der Waals surface area contributed by atoms with Crippen molar-refractivity contribution >= 4 is 18.1 Å². The highest BCUT2D eigenvalue weighted by atomic mass is 16.1. The van der Waals surface area contributed by atoms with Crippen LogP contribution in [0.25, 0.3) is 6.08 Å². The van der Waals surface area contributed by atoms with Crippen LogP contribution < -0.4 is 11.1 Å². The standard InChI is InChI=1S/C13H13N5O/c1-10(7-11-5-3-2-4-6-11)8-14-17-12-9-15-18-13(19)16-12/h2-9H,1H3,(H2,16,17,18,19)/b10-7?,14-8-. The Labute approximate surface area is 109 Å². The first-order valence-corrected chi connectivity index (χ1v) is 5.68. The van der Waals surface area contributed by atoms with Crippen molar-refractivity contribution in [1.29, 1.82) is 0 Å².